The molecule has 7 heteroatoms. The fourth-order valence-electron chi connectivity index (χ4n) is 2.47. The number of hydrogen-bond acceptors (Lipinski definition) is 5. The number of ketones is 1. The van der Waals surface area contributed by atoms with E-state index in [9.17, 15) is 18.0 Å². The van der Waals surface area contributed by atoms with E-state index >= 15 is 0 Å². The van der Waals surface area contributed by atoms with Gasteiger partial charge in [0.05, 0.1) is 18.1 Å². The van der Waals surface area contributed by atoms with Gasteiger partial charge in [-0.05, 0) is 44.7 Å². The van der Waals surface area contributed by atoms with Crippen molar-refractivity contribution in [2.24, 2.45) is 0 Å². The zero-order chi connectivity index (χ0) is 16.3. The second kappa shape index (κ2) is 6.58. The molecular weight excluding hydrogens is 304 g/mol. The molecule has 22 heavy (non-hydrogen) atoms. The first kappa shape index (κ1) is 16.6. The largest absolute Gasteiger partial charge is 0.325 e. The predicted octanol–water partition coefficient (Wildman–Crippen LogP) is 0.947. The summed E-state index contributed by atoms with van der Waals surface area (Å²) in [5, 5.41) is 2.74. The van der Waals surface area contributed by atoms with Crippen LogP contribution in [-0.4, -0.2) is 56.1 Å². The number of anilines is 1. The molecule has 1 unspecified atom stereocenters. The molecule has 0 bridgehead atoms. The maximum absolute atomic E-state index is 12.0. The summed E-state index contributed by atoms with van der Waals surface area (Å²) in [6.45, 7) is 1.62. The molecule has 0 aliphatic carbocycles. The Labute approximate surface area is 130 Å². The lowest BCUT2D eigenvalue weighted by atomic mass is 10.1. The minimum Gasteiger partial charge on any atom is -0.325 e. The molecule has 1 fully saturated rings. The zero-order valence-corrected chi connectivity index (χ0v) is 13.5. The van der Waals surface area contributed by atoms with Crippen LogP contribution in [-0.2, 0) is 14.6 Å². The predicted molar refractivity (Wildman–Crippen MR) is 84.8 cm³/mol. The van der Waals surface area contributed by atoms with Crippen LogP contribution in [0.4, 0.5) is 5.69 Å². The van der Waals surface area contributed by atoms with Crippen LogP contribution in [0.2, 0.25) is 0 Å². The highest BCUT2D eigenvalue weighted by Crippen LogP contribution is 2.16. The summed E-state index contributed by atoms with van der Waals surface area (Å²) in [5.74, 6) is 0.0719. The summed E-state index contributed by atoms with van der Waals surface area (Å²) in [4.78, 5) is 24.9. The highest BCUT2D eigenvalue weighted by Gasteiger charge is 2.31. The summed E-state index contributed by atoms with van der Waals surface area (Å²) in [5.41, 5.74) is 1.20. The molecular formula is C15H20N2O4S. The molecule has 1 aliphatic rings. The van der Waals surface area contributed by atoms with E-state index in [-0.39, 0.29) is 35.8 Å². The maximum Gasteiger partial charge on any atom is 0.238 e. The summed E-state index contributed by atoms with van der Waals surface area (Å²) in [6.07, 6.45) is 0.569. The van der Waals surface area contributed by atoms with Crippen LogP contribution in [0.3, 0.4) is 0 Å². The Hall–Kier alpha value is -1.73. The van der Waals surface area contributed by atoms with Gasteiger partial charge in [-0.25, -0.2) is 8.42 Å². The number of Topliss-reactive ketones (excluding diaryl/α,β-unsaturated/α-hetero) is 1. The first-order valence-corrected chi connectivity index (χ1v) is 8.90. The van der Waals surface area contributed by atoms with Gasteiger partial charge in [0.25, 0.3) is 0 Å². The number of carbonyl (C=O) groups is 2. The Morgan fingerprint density at radius 1 is 1.27 bits per heavy atom. The zero-order valence-electron chi connectivity index (χ0n) is 12.7. The molecule has 1 atom stereocenters. The van der Waals surface area contributed by atoms with Crippen LogP contribution >= 0.6 is 0 Å². The number of likely N-dealkylation sites (N-methyl/N-ethyl adjacent to an activating group) is 1. The van der Waals surface area contributed by atoms with Gasteiger partial charge in [0.15, 0.2) is 15.6 Å². The first-order valence-electron chi connectivity index (χ1n) is 7.08. The number of benzene rings is 1. The quantitative estimate of drug-likeness (QED) is 0.815. The maximum atomic E-state index is 12.0. The Bertz CT molecular complexity index is 667. The van der Waals surface area contributed by atoms with Crippen LogP contribution in [0.25, 0.3) is 0 Å². The Morgan fingerprint density at radius 3 is 2.41 bits per heavy atom. The molecule has 120 valence electrons. The van der Waals surface area contributed by atoms with Crippen LogP contribution < -0.4 is 5.32 Å². The van der Waals surface area contributed by atoms with E-state index in [1.54, 1.807) is 36.2 Å². The van der Waals surface area contributed by atoms with Crippen molar-refractivity contribution in [2.75, 3.05) is 30.4 Å². The van der Waals surface area contributed by atoms with E-state index in [4.69, 9.17) is 0 Å². The van der Waals surface area contributed by atoms with Crippen LogP contribution in [0, 0.1) is 0 Å². The van der Waals surface area contributed by atoms with E-state index in [0.29, 0.717) is 17.7 Å². The number of amides is 1. The van der Waals surface area contributed by atoms with Gasteiger partial charge in [-0.15, -0.1) is 0 Å². The average molecular weight is 324 g/mol. The fourth-order valence-corrected chi connectivity index (χ4v) is 4.27. The lowest BCUT2D eigenvalue weighted by molar-refractivity contribution is -0.117. The number of carbonyl (C=O) groups excluding carboxylic acids is 2. The summed E-state index contributed by atoms with van der Waals surface area (Å²) in [7, 11) is -1.20. The molecule has 1 amide bonds. The molecule has 1 N–H and O–H groups in total. The highest BCUT2D eigenvalue weighted by atomic mass is 32.2. The van der Waals surface area contributed by atoms with Crippen molar-refractivity contribution in [3.63, 3.8) is 0 Å². The van der Waals surface area contributed by atoms with Crippen molar-refractivity contribution >= 4 is 27.2 Å². The number of nitrogens with zero attached hydrogens (tertiary/aromatic N) is 1. The van der Waals surface area contributed by atoms with E-state index in [1.165, 1.54) is 6.92 Å². The van der Waals surface area contributed by atoms with Crippen molar-refractivity contribution in [3.05, 3.63) is 29.8 Å². The fraction of sp³-hybridized carbons (Fsp3) is 0.467. The molecule has 0 spiro atoms. The van der Waals surface area contributed by atoms with Gasteiger partial charge in [-0.3, -0.25) is 14.5 Å². The van der Waals surface area contributed by atoms with Crippen molar-refractivity contribution in [3.8, 4) is 0 Å². The molecule has 0 saturated carbocycles. The molecule has 0 radical (unpaired) electrons. The van der Waals surface area contributed by atoms with Gasteiger partial charge in [-0.2, -0.15) is 0 Å². The lowest BCUT2D eigenvalue weighted by Gasteiger charge is -2.22. The smallest absolute Gasteiger partial charge is 0.238 e. The third-order valence-electron chi connectivity index (χ3n) is 3.80. The average Bonchev–Trinajstić information content (AvgIpc) is 2.79. The SMILES string of the molecule is CC(=O)c1ccc(NC(=O)CN(C)C2CCS(=O)(=O)C2)cc1. The van der Waals surface area contributed by atoms with E-state index in [0.717, 1.165) is 0 Å². The Balaban J connectivity index is 1.88. The van der Waals surface area contributed by atoms with E-state index < -0.39 is 9.84 Å². The van der Waals surface area contributed by atoms with Crippen LogP contribution in [0.1, 0.15) is 23.7 Å². The number of sulfone groups is 1. The van der Waals surface area contributed by atoms with Crippen molar-refractivity contribution < 1.29 is 18.0 Å². The molecule has 1 aromatic carbocycles. The topological polar surface area (TPSA) is 83.6 Å². The van der Waals surface area contributed by atoms with Crippen molar-refractivity contribution in [1.29, 1.82) is 0 Å². The van der Waals surface area contributed by atoms with E-state index in [2.05, 4.69) is 5.32 Å². The molecule has 2 rings (SSSR count). The molecule has 0 aromatic heterocycles. The second-order valence-corrected chi connectivity index (χ2v) is 7.88. The van der Waals surface area contributed by atoms with Crippen LogP contribution in [0.15, 0.2) is 24.3 Å². The van der Waals surface area contributed by atoms with Gasteiger partial charge in [-0.1, -0.05) is 0 Å². The van der Waals surface area contributed by atoms with Gasteiger partial charge in [0.1, 0.15) is 0 Å². The number of rotatable bonds is 5. The highest BCUT2D eigenvalue weighted by molar-refractivity contribution is 7.91. The number of hydrogen-bond donors (Lipinski definition) is 1. The third kappa shape index (κ3) is 4.38. The summed E-state index contributed by atoms with van der Waals surface area (Å²) >= 11 is 0. The molecule has 6 nitrogen and oxygen atoms in total. The Kier molecular flexibility index (Phi) is 4.97. The molecule has 1 saturated heterocycles. The number of nitrogens with one attached hydrogen (secondary N) is 1. The standard InChI is InChI=1S/C15H20N2O4S/c1-11(18)12-3-5-13(6-4-12)16-15(19)9-17(2)14-7-8-22(20,21)10-14/h3-6,14H,7-10H2,1-2H3,(H,16,19). The van der Waals surface area contributed by atoms with Crippen molar-refractivity contribution in [1.82, 2.24) is 4.90 Å². The Morgan fingerprint density at radius 2 is 1.91 bits per heavy atom. The molecule has 1 aromatic rings. The van der Waals surface area contributed by atoms with Gasteiger partial charge >= 0.3 is 0 Å². The summed E-state index contributed by atoms with van der Waals surface area (Å²) in [6, 6.07) is 6.57. The normalized spacial score (nSPS) is 20.0. The molecule has 1 aliphatic heterocycles. The minimum atomic E-state index is -2.95. The lowest BCUT2D eigenvalue weighted by Crippen LogP contribution is -2.38. The van der Waals surface area contributed by atoms with Gasteiger partial charge in [0, 0.05) is 17.3 Å². The third-order valence-corrected chi connectivity index (χ3v) is 5.55. The first-order chi connectivity index (χ1) is 10.3. The van der Waals surface area contributed by atoms with Gasteiger partial charge < -0.3 is 5.32 Å². The minimum absolute atomic E-state index is 0.0277. The summed E-state index contributed by atoms with van der Waals surface area (Å²) < 4.78 is 22.9. The van der Waals surface area contributed by atoms with Gasteiger partial charge in [0.2, 0.25) is 5.91 Å². The monoisotopic (exact) mass is 324 g/mol. The van der Waals surface area contributed by atoms with Crippen molar-refractivity contribution in [2.45, 2.75) is 19.4 Å². The second-order valence-electron chi connectivity index (χ2n) is 5.65. The van der Waals surface area contributed by atoms with Crippen LogP contribution in [0.5, 0.6) is 0 Å². The van der Waals surface area contributed by atoms with E-state index in [1.807, 2.05) is 0 Å². The molecule has 1 heterocycles.